The van der Waals surface area contributed by atoms with E-state index in [1.807, 2.05) is 0 Å². The average molecular weight is 225 g/mol. The summed E-state index contributed by atoms with van der Waals surface area (Å²) in [6.45, 7) is -0.186. The van der Waals surface area contributed by atoms with Crippen molar-refractivity contribution >= 4 is 17.3 Å². The van der Waals surface area contributed by atoms with E-state index in [0.29, 0.717) is 0 Å². The van der Waals surface area contributed by atoms with E-state index in [0.717, 1.165) is 6.07 Å². The van der Waals surface area contributed by atoms with Crippen LogP contribution in [0.15, 0.2) is 18.2 Å². The molecular formula is C9H11N3O4. The Kier molecular flexibility index (Phi) is 3.78. The van der Waals surface area contributed by atoms with Crippen molar-refractivity contribution in [2.45, 2.75) is 0 Å². The second-order valence-electron chi connectivity index (χ2n) is 3.01. The minimum absolute atomic E-state index is 0.0420. The Morgan fingerprint density at radius 3 is 2.81 bits per heavy atom. The second-order valence-corrected chi connectivity index (χ2v) is 3.01. The second kappa shape index (κ2) is 5.08. The third-order valence-electron chi connectivity index (χ3n) is 1.86. The number of nitrogens with two attached hydrogens (primary N) is 1. The van der Waals surface area contributed by atoms with E-state index in [-0.39, 0.29) is 30.1 Å². The maximum atomic E-state index is 11.5. The molecule has 1 aromatic rings. The highest BCUT2D eigenvalue weighted by Gasteiger charge is 2.19. The number of aliphatic hydroxyl groups is 1. The molecule has 0 fully saturated rings. The molecule has 0 heterocycles. The molecule has 0 unspecified atom stereocenters. The number of amides is 1. The number of benzene rings is 1. The van der Waals surface area contributed by atoms with E-state index in [1.165, 1.54) is 12.1 Å². The van der Waals surface area contributed by atoms with Crippen LogP contribution in [0.1, 0.15) is 10.4 Å². The van der Waals surface area contributed by atoms with E-state index in [2.05, 4.69) is 5.32 Å². The number of hydrogen-bond donors (Lipinski definition) is 3. The highest BCUT2D eigenvalue weighted by molar-refractivity contribution is 5.98. The van der Waals surface area contributed by atoms with E-state index >= 15 is 0 Å². The Bertz CT molecular complexity index is 419. The van der Waals surface area contributed by atoms with Gasteiger partial charge in [-0.25, -0.2) is 0 Å². The van der Waals surface area contributed by atoms with Crippen molar-refractivity contribution in [2.75, 3.05) is 18.9 Å². The molecule has 0 saturated carbocycles. The number of carbonyl (C=O) groups excluding carboxylic acids is 1. The number of carbonyl (C=O) groups is 1. The normalized spacial score (nSPS) is 9.81. The van der Waals surface area contributed by atoms with Gasteiger partial charge in [0.15, 0.2) is 0 Å². The van der Waals surface area contributed by atoms with Gasteiger partial charge < -0.3 is 16.2 Å². The SMILES string of the molecule is Nc1ccc(C(=O)NCCO)c([N+](=O)[O-])c1. The van der Waals surface area contributed by atoms with Crippen LogP contribution in [0.25, 0.3) is 0 Å². The number of nitro groups is 1. The molecule has 7 heteroatoms. The number of anilines is 1. The highest BCUT2D eigenvalue weighted by atomic mass is 16.6. The molecule has 7 nitrogen and oxygen atoms in total. The first-order valence-electron chi connectivity index (χ1n) is 4.49. The van der Waals surface area contributed by atoms with Crippen LogP contribution < -0.4 is 11.1 Å². The molecule has 0 saturated heterocycles. The third-order valence-corrected chi connectivity index (χ3v) is 1.86. The van der Waals surface area contributed by atoms with E-state index in [1.54, 1.807) is 0 Å². The van der Waals surface area contributed by atoms with E-state index in [9.17, 15) is 14.9 Å². The van der Waals surface area contributed by atoms with Crippen molar-refractivity contribution in [1.29, 1.82) is 0 Å². The molecule has 16 heavy (non-hydrogen) atoms. The maximum absolute atomic E-state index is 11.5. The summed E-state index contributed by atoms with van der Waals surface area (Å²) in [5.74, 6) is -0.610. The number of nitrogen functional groups attached to an aromatic ring is 1. The van der Waals surface area contributed by atoms with Gasteiger partial charge in [0.2, 0.25) is 0 Å². The van der Waals surface area contributed by atoms with Crippen molar-refractivity contribution < 1.29 is 14.8 Å². The first-order chi connectivity index (χ1) is 7.56. The molecule has 1 aromatic carbocycles. The first-order valence-corrected chi connectivity index (χ1v) is 4.49. The Labute approximate surface area is 91.0 Å². The van der Waals surface area contributed by atoms with Gasteiger partial charge in [0.25, 0.3) is 11.6 Å². The van der Waals surface area contributed by atoms with Crippen molar-refractivity contribution in [3.8, 4) is 0 Å². The third kappa shape index (κ3) is 2.67. The van der Waals surface area contributed by atoms with Crippen molar-refractivity contribution in [3.63, 3.8) is 0 Å². The van der Waals surface area contributed by atoms with Gasteiger partial charge in [-0.1, -0.05) is 0 Å². The fourth-order valence-corrected chi connectivity index (χ4v) is 1.16. The van der Waals surface area contributed by atoms with Gasteiger partial charge in [0.1, 0.15) is 5.56 Å². The Hall–Kier alpha value is -2.15. The smallest absolute Gasteiger partial charge is 0.284 e. The Morgan fingerprint density at radius 2 is 2.25 bits per heavy atom. The molecule has 0 bridgehead atoms. The lowest BCUT2D eigenvalue weighted by Gasteiger charge is -2.04. The fourth-order valence-electron chi connectivity index (χ4n) is 1.16. The molecule has 0 aliphatic heterocycles. The summed E-state index contributed by atoms with van der Waals surface area (Å²) in [4.78, 5) is 21.5. The van der Waals surface area contributed by atoms with Crippen LogP contribution in [-0.4, -0.2) is 29.1 Å². The predicted octanol–water partition coefficient (Wildman–Crippen LogP) is -0.101. The first kappa shape index (κ1) is 11.9. The van der Waals surface area contributed by atoms with Gasteiger partial charge in [0.05, 0.1) is 11.5 Å². The van der Waals surface area contributed by atoms with Gasteiger partial charge in [0, 0.05) is 18.3 Å². The molecular weight excluding hydrogens is 214 g/mol. The minimum atomic E-state index is -0.676. The van der Waals surface area contributed by atoms with Gasteiger partial charge in [-0.05, 0) is 12.1 Å². The monoisotopic (exact) mass is 225 g/mol. The van der Waals surface area contributed by atoms with Crippen molar-refractivity contribution in [2.24, 2.45) is 0 Å². The summed E-state index contributed by atoms with van der Waals surface area (Å²) in [6.07, 6.45) is 0. The number of hydrogen-bond acceptors (Lipinski definition) is 5. The standard InChI is InChI=1S/C9H11N3O4/c10-6-1-2-7(8(5-6)12(15)16)9(14)11-3-4-13/h1-2,5,13H,3-4,10H2,(H,11,14). The molecule has 0 aliphatic carbocycles. The zero-order valence-corrected chi connectivity index (χ0v) is 8.34. The van der Waals surface area contributed by atoms with E-state index < -0.39 is 10.8 Å². The molecule has 0 aliphatic rings. The molecule has 1 amide bonds. The lowest BCUT2D eigenvalue weighted by atomic mass is 10.1. The van der Waals surface area contributed by atoms with Crippen LogP contribution in [0.4, 0.5) is 11.4 Å². The summed E-state index contributed by atoms with van der Waals surface area (Å²) in [5, 5.41) is 21.5. The predicted molar refractivity (Wildman–Crippen MR) is 56.9 cm³/mol. The van der Waals surface area contributed by atoms with Crippen LogP contribution in [0.2, 0.25) is 0 Å². The topological polar surface area (TPSA) is 118 Å². The molecule has 0 radical (unpaired) electrons. The number of aliphatic hydroxyl groups excluding tert-OH is 1. The van der Waals surface area contributed by atoms with Crippen LogP contribution in [0, 0.1) is 10.1 Å². The molecule has 4 N–H and O–H groups in total. The number of nitrogens with zero attached hydrogens (tertiary/aromatic N) is 1. The maximum Gasteiger partial charge on any atom is 0.284 e. The summed E-state index contributed by atoms with van der Waals surface area (Å²) >= 11 is 0. The minimum Gasteiger partial charge on any atom is -0.399 e. The van der Waals surface area contributed by atoms with Gasteiger partial charge in [-0.3, -0.25) is 14.9 Å². The van der Waals surface area contributed by atoms with Crippen LogP contribution in [-0.2, 0) is 0 Å². The molecule has 86 valence electrons. The quantitative estimate of drug-likeness (QED) is 0.375. The van der Waals surface area contributed by atoms with Crippen LogP contribution in [0.3, 0.4) is 0 Å². The van der Waals surface area contributed by atoms with Gasteiger partial charge in [-0.15, -0.1) is 0 Å². The summed E-state index contributed by atoms with van der Waals surface area (Å²) in [6, 6.07) is 3.80. The Morgan fingerprint density at radius 1 is 1.56 bits per heavy atom. The van der Waals surface area contributed by atoms with Crippen molar-refractivity contribution in [3.05, 3.63) is 33.9 Å². The molecule has 0 atom stereocenters. The van der Waals surface area contributed by atoms with Gasteiger partial charge in [-0.2, -0.15) is 0 Å². The molecule has 0 spiro atoms. The van der Waals surface area contributed by atoms with Gasteiger partial charge >= 0.3 is 0 Å². The zero-order valence-electron chi connectivity index (χ0n) is 8.34. The number of nitrogens with one attached hydrogen (secondary N) is 1. The zero-order chi connectivity index (χ0) is 12.1. The van der Waals surface area contributed by atoms with Crippen molar-refractivity contribution in [1.82, 2.24) is 5.32 Å². The highest BCUT2D eigenvalue weighted by Crippen LogP contribution is 2.21. The largest absolute Gasteiger partial charge is 0.399 e. The summed E-state index contributed by atoms with van der Waals surface area (Å²) in [7, 11) is 0. The number of rotatable bonds is 4. The average Bonchev–Trinajstić information content (AvgIpc) is 2.25. The lowest BCUT2D eigenvalue weighted by molar-refractivity contribution is -0.385. The summed E-state index contributed by atoms with van der Waals surface area (Å²) < 4.78 is 0. The lowest BCUT2D eigenvalue weighted by Crippen LogP contribution is -2.27. The number of nitro benzene ring substituents is 1. The van der Waals surface area contributed by atoms with E-state index in [4.69, 9.17) is 10.8 Å². The van der Waals surface area contributed by atoms with Crippen LogP contribution >= 0.6 is 0 Å². The van der Waals surface area contributed by atoms with Crippen LogP contribution in [0.5, 0.6) is 0 Å². The molecule has 1 rings (SSSR count). The summed E-state index contributed by atoms with van der Waals surface area (Å²) in [5.41, 5.74) is 5.18. The fraction of sp³-hybridized carbons (Fsp3) is 0.222. The Balaban J connectivity index is 3.03. The molecule has 0 aromatic heterocycles.